The zero-order valence-corrected chi connectivity index (χ0v) is 10.9. The van der Waals surface area contributed by atoms with Crippen molar-refractivity contribution in [3.63, 3.8) is 0 Å². The average Bonchev–Trinajstić information content (AvgIpc) is 2.74. The number of benzene rings is 2. The summed E-state index contributed by atoms with van der Waals surface area (Å²) in [6.45, 7) is 0. The van der Waals surface area contributed by atoms with Gasteiger partial charge in [0.1, 0.15) is 0 Å². The number of hydrogen-bond acceptors (Lipinski definition) is 1. The van der Waals surface area contributed by atoms with Crippen LogP contribution >= 0.6 is 11.6 Å². The lowest BCUT2D eigenvalue weighted by Gasteiger charge is -2.05. The Bertz CT molecular complexity index is 663. The molecule has 1 N–H and O–H groups in total. The van der Waals surface area contributed by atoms with Crippen LogP contribution < -0.4 is 5.32 Å². The van der Waals surface area contributed by atoms with E-state index in [1.54, 1.807) is 0 Å². The number of halogens is 1. The largest absolute Gasteiger partial charge is 0.342 e. The second-order valence-corrected chi connectivity index (χ2v) is 4.89. The molecule has 0 aliphatic carbocycles. The van der Waals surface area contributed by atoms with E-state index in [-0.39, 0.29) is 11.9 Å². The van der Waals surface area contributed by atoms with E-state index in [0.29, 0.717) is 5.02 Å². The maximum Gasteiger partial charge on any atom is 0.252 e. The van der Waals surface area contributed by atoms with Crippen molar-refractivity contribution in [3.8, 4) is 0 Å². The highest BCUT2D eigenvalue weighted by molar-refractivity contribution is 6.30. The van der Waals surface area contributed by atoms with Gasteiger partial charge in [0, 0.05) is 10.6 Å². The molecular weight excluding hydrogens is 258 g/mol. The maximum absolute atomic E-state index is 11.8. The first-order valence-electron chi connectivity index (χ1n) is 6.07. The molecule has 94 valence electrons. The van der Waals surface area contributed by atoms with Gasteiger partial charge in [0.2, 0.25) is 0 Å². The first-order valence-corrected chi connectivity index (χ1v) is 6.45. The molecule has 2 aromatic carbocycles. The standard InChI is InChI=1S/C16H12ClNO/c17-12-5-3-4-11(10-12)8-9-15-13-6-1-2-7-14(13)16(19)18-15/h1-10,15H,(H,18,19). The second-order valence-electron chi connectivity index (χ2n) is 4.45. The zero-order valence-electron chi connectivity index (χ0n) is 10.1. The molecule has 0 aromatic heterocycles. The lowest BCUT2D eigenvalue weighted by Crippen LogP contribution is -2.17. The Morgan fingerprint density at radius 1 is 1.11 bits per heavy atom. The molecule has 0 fully saturated rings. The van der Waals surface area contributed by atoms with E-state index >= 15 is 0 Å². The minimum atomic E-state index is -0.0670. The van der Waals surface area contributed by atoms with E-state index in [4.69, 9.17) is 11.6 Å². The first-order chi connectivity index (χ1) is 9.24. The molecule has 0 saturated carbocycles. The van der Waals surface area contributed by atoms with Crippen LogP contribution in [-0.4, -0.2) is 5.91 Å². The molecule has 1 amide bonds. The fourth-order valence-corrected chi connectivity index (χ4v) is 2.44. The predicted molar refractivity (Wildman–Crippen MR) is 77.1 cm³/mol. The monoisotopic (exact) mass is 269 g/mol. The molecule has 1 atom stereocenters. The van der Waals surface area contributed by atoms with Crippen LogP contribution in [0.25, 0.3) is 6.08 Å². The molecule has 0 saturated heterocycles. The molecule has 2 nitrogen and oxygen atoms in total. The number of amides is 1. The summed E-state index contributed by atoms with van der Waals surface area (Å²) in [5.74, 6) is -0.0173. The van der Waals surface area contributed by atoms with E-state index in [1.165, 1.54) is 0 Å². The molecule has 1 aliphatic heterocycles. The van der Waals surface area contributed by atoms with Gasteiger partial charge in [0.05, 0.1) is 6.04 Å². The van der Waals surface area contributed by atoms with E-state index in [9.17, 15) is 4.79 Å². The van der Waals surface area contributed by atoms with Crippen molar-refractivity contribution in [2.75, 3.05) is 0 Å². The van der Waals surface area contributed by atoms with E-state index < -0.39 is 0 Å². The molecule has 1 heterocycles. The third-order valence-electron chi connectivity index (χ3n) is 3.16. The number of hydrogen-bond donors (Lipinski definition) is 1. The highest BCUT2D eigenvalue weighted by Crippen LogP contribution is 2.26. The van der Waals surface area contributed by atoms with Crippen molar-refractivity contribution < 1.29 is 4.79 Å². The molecular formula is C16H12ClNO. The van der Waals surface area contributed by atoms with Crippen molar-refractivity contribution in [2.24, 2.45) is 0 Å². The van der Waals surface area contributed by atoms with Crippen LogP contribution in [0, 0.1) is 0 Å². The van der Waals surface area contributed by atoms with Gasteiger partial charge in [0.25, 0.3) is 5.91 Å². The van der Waals surface area contributed by atoms with Gasteiger partial charge in [0.15, 0.2) is 0 Å². The van der Waals surface area contributed by atoms with Crippen molar-refractivity contribution >= 4 is 23.6 Å². The molecule has 19 heavy (non-hydrogen) atoms. The summed E-state index contributed by atoms with van der Waals surface area (Å²) < 4.78 is 0. The highest BCUT2D eigenvalue weighted by atomic mass is 35.5. The van der Waals surface area contributed by atoms with Gasteiger partial charge in [-0.15, -0.1) is 0 Å². The predicted octanol–water partition coefficient (Wildman–Crippen LogP) is 3.84. The van der Waals surface area contributed by atoms with Crippen LogP contribution in [0.1, 0.15) is 27.5 Å². The van der Waals surface area contributed by atoms with Crippen molar-refractivity contribution in [1.82, 2.24) is 5.32 Å². The van der Waals surface area contributed by atoms with Gasteiger partial charge in [-0.1, -0.05) is 54.1 Å². The van der Waals surface area contributed by atoms with Crippen LogP contribution in [0.5, 0.6) is 0 Å². The van der Waals surface area contributed by atoms with Gasteiger partial charge in [-0.3, -0.25) is 4.79 Å². The Morgan fingerprint density at radius 3 is 2.79 bits per heavy atom. The minimum Gasteiger partial charge on any atom is -0.342 e. The fraction of sp³-hybridized carbons (Fsp3) is 0.0625. The third kappa shape index (κ3) is 2.40. The van der Waals surface area contributed by atoms with Crippen molar-refractivity contribution in [1.29, 1.82) is 0 Å². The number of nitrogens with one attached hydrogen (secondary N) is 1. The number of rotatable bonds is 2. The first kappa shape index (κ1) is 12.0. The molecule has 2 aromatic rings. The van der Waals surface area contributed by atoms with Gasteiger partial charge >= 0.3 is 0 Å². The Labute approximate surface area is 116 Å². The third-order valence-corrected chi connectivity index (χ3v) is 3.39. The van der Waals surface area contributed by atoms with E-state index in [1.807, 2.05) is 60.7 Å². The Balaban J connectivity index is 1.88. The van der Waals surface area contributed by atoms with Gasteiger partial charge in [-0.2, -0.15) is 0 Å². The summed E-state index contributed by atoms with van der Waals surface area (Å²) in [7, 11) is 0. The van der Waals surface area contributed by atoms with Crippen LogP contribution in [0.2, 0.25) is 5.02 Å². The summed E-state index contributed by atoms with van der Waals surface area (Å²) in [5.41, 5.74) is 2.79. The highest BCUT2D eigenvalue weighted by Gasteiger charge is 2.25. The summed E-state index contributed by atoms with van der Waals surface area (Å²) in [6.07, 6.45) is 3.95. The van der Waals surface area contributed by atoms with Crippen LogP contribution in [0.4, 0.5) is 0 Å². The minimum absolute atomic E-state index is 0.0173. The lowest BCUT2D eigenvalue weighted by atomic mass is 10.0. The lowest BCUT2D eigenvalue weighted by molar-refractivity contribution is 0.0961. The topological polar surface area (TPSA) is 29.1 Å². The molecule has 1 aliphatic rings. The Hall–Kier alpha value is -2.06. The summed E-state index contributed by atoms with van der Waals surface area (Å²) >= 11 is 5.94. The Kier molecular flexibility index (Phi) is 3.10. The smallest absolute Gasteiger partial charge is 0.252 e. The fourth-order valence-electron chi connectivity index (χ4n) is 2.24. The van der Waals surface area contributed by atoms with Crippen molar-refractivity contribution in [2.45, 2.75) is 6.04 Å². The summed E-state index contributed by atoms with van der Waals surface area (Å²) in [4.78, 5) is 11.8. The Morgan fingerprint density at radius 2 is 1.95 bits per heavy atom. The average molecular weight is 270 g/mol. The normalized spacial score (nSPS) is 17.5. The zero-order chi connectivity index (χ0) is 13.2. The number of fused-ring (bicyclic) bond motifs is 1. The number of carbonyl (C=O) groups excluding carboxylic acids is 1. The molecule has 0 radical (unpaired) electrons. The summed E-state index contributed by atoms with van der Waals surface area (Å²) in [5, 5.41) is 3.65. The van der Waals surface area contributed by atoms with Crippen molar-refractivity contribution in [3.05, 3.63) is 76.3 Å². The van der Waals surface area contributed by atoms with Crippen LogP contribution in [-0.2, 0) is 0 Å². The van der Waals surface area contributed by atoms with Gasteiger partial charge in [-0.05, 0) is 29.3 Å². The van der Waals surface area contributed by atoms with E-state index in [0.717, 1.165) is 16.7 Å². The molecule has 3 rings (SSSR count). The van der Waals surface area contributed by atoms with Gasteiger partial charge in [-0.25, -0.2) is 0 Å². The molecule has 3 heteroatoms. The van der Waals surface area contributed by atoms with Gasteiger partial charge < -0.3 is 5.32 Å². The van der Waals surface area contributed by atoms with E-state index in [2.05, 4.69) is 5.32 Å². The second kappa shape index (κ2) is 4.90. The molecule has 0 spiro atoms. The SMILES string of the molecule is O=C1NC(C=Cc2cccc(Cl)c2)c2ccccc21. The number of carbonyl (C=O) groups is 1. The summed E-state index contributed by atoms with van der Waals surface area (Å²) in [6, 6.07) is 15.2. The van der Waals surface area contributed by atoms with Crippen LogP contribution in [0.15, 0.2) is 54.6 Å². The molecule has 1 unspecified atom stereocenters. The maximum atomic E-state index is 11.8. The van der Waals surface area contributed by atoms with Crippen LogP contribution in [0.3, 0.4) is 0 Å². The molecule has 0 bridgehead atoms. The quantitative estimate of drug-likeness (QED) is 0.882.